The van der Waals surface area contributed by atoms with Crippen molar-refractivity contribution < 1.29 is 28.6 Å². The molecule has 6 nitrogen and oxygen atoms in total. The van der Waals surface area contributed by atoms with Crippen LogP contribution in [0.25, 0.3) is 0 Å². The molecular formula is C67H122O6. The third-order valence-corrected chi connectivity index (χ3v) is 14.3. The molecule has 0 amide bonds. The Morgan fingerprint density at radius 3 is 0.795 bits per heavy atom. The van der Waals surface area contributed by atoms with Crippen molar-refractivity contribution in [2.75, 3.05) is 13.2 Å². The van der Waals surface area contributed by atoms with Gasteiger partial charge in [0.05, 0.1) is 0 Å². The summed E-state index contributed by atoms with van der Waals surface area (Å²) in [6.07, 6.45) is 77.0. The van der Waals surface area contributed by atoms with Gasteiger partial charge in [0, 0.05) is 19.3 Å². The highest BCUT2D eigenvalue weighted by molar-refractivity contribution is 5.71. The standard InChI is InChI=1S/C67H122O6/c1-4-7-10-13-16-19-22-25-27-28-29-30-31-32-33-34-35-36-37-38-39-40-41-43-45-48-51-54-57-60-66(69)72-63-64(62-71-65(68)59-56-53-50-47-44-24-21-18-15-12-9-6-3)73-67(70)61-58-55-52-49-46-42-26-23-20-17-14-11-8-5-2/h14,17,22-23,25-26,28-29,64H,4-13,15-16,18-21,24,27,30-63H2,1-3H3/b17-14-,25-22-,26-23-,29-28-. The Hall–Kier alpha value is -2.63. The second-order valence-corrected chi connectivity index (χ2v) is 21.7. The molecule has 0 aliphatic carbocycles. The van der Waals surface area contributed by atoms with Crippen molar-refractivity contribution in [2.45, 2.75) is 348 Å². The molecule has 0 heterocycles. The molecule has 0 radical (unpaired) electrons. The van der Waals surface area contributed by atoms with Gasteiger partial charge in [0.15, 0.2) is 6.10 Å². The molecule has 426 valence electrons. The number of hydrogen-bond acceptors (Lipinski definition) is 6. The fourth-order valence-electron chi connectivity index (χ4n) is 9.43. The van der Waals surface area contributed by atoms with Crippen LogP contribution >= 0.6 is 0 Å². The average Bonchev–Trinajstić information content (AvgIpc) is 3.39. The number of carbonyl (C=O) groups excluding carboxylic acids is 3. The Bertz CT molecular complexity index is 1270. The van der Waals surface area contributed by atoms with Crippen LogP contribution in [0.4, 0.5) is 0 Å². The number of esters is 3. The van der Waals surface area contributed by atoms with Gasteiger partial charge in [-0.3, -0.25) is 14.4 Å². The smallest absolute Gasteiger partial charge is 0.306 e. The number of ether oxygens (including phenoxy) is 3. The maximum absolute atomic E-state index is 12.8. The van der Waals surface area contributed by atoms with Gasteiger partial charge in [-0.1, -0.05) is 294 Å². The molecule has 6 heteroatoms. The third kappa shape index (κ3) is 60.1. The predicted octanol–water partition coefficient (Wildman–Crippen LogP) is 21.8. The van der Waals surface area contributed by atoms with E-state index >= 15 is 0 Å². The quantitative estimate of drug-likeness (QED) is 0.0261. The molecule has 0 N–H and O–H groups in total. The largest absolute Gasteiger partial charge is 0.462 e. The molecule has 0 aromatic rings. The Labute approximate surface area is 454 Å². The summed E-state index contributed by atoms with van der Waals surface area (Å²) in [5.74, 6) is -0.870. The average molecular weight is 1020 g/mol. The molecule has 0 saturated heterocycles. The van der Waals surface area contributed by atoms with Gasteiger partial charge in [-0.15, -0.1) is 0 Å². The molecule has 1 unspecified atom stereocenters. The lowest BCUT2D eigenvalue weighted by atomic mass is 10.0. The molecule has 0 rings (SSSR count). The van der Waals surface area contributed by atoms with Crippen LogP contribution in [-0.4, -0.2) is 37.2 Å². The Morgan fingerprint density at radius 1 is 0.274 bits per heavy atom. The summed E-state index contributed by atoms with van der Waals surface area (Å²) in [7, 11) is 0. The first-order valence-electron chi connectivity index (χ1n) is 32.1. The van der Waals surface area contributed by atoms with E-state index in [1.165, 1.54) is 212 Å². The molecule has 0 fully saturated rings. The number of hydrogen-bond donors (Lipinski definition) is 0. The minimum Gasteiger partial charge on any atom is -0.462 e. The van der Waals surface area contributed by atoms with E-state index in [1.54, 1.807) is 0 Å². The normalized spacial score (nSPS) is 12.3. The van der Waals surface area contributed by atoms with Crippen molar-refractivity contribution >= 4 is 17.9 Å². The summed E-state index contributed by atoms with van der Waals surface area (Å²) < 4.78 is 16.9. The molecule has 0 aromatic heterocycles. The molecule has 0 aliphatic heterocycles. The van der Waals surface area contributed by atoms with Gasteiger partial charge in [0.25, 0.3) is 0 Å². The van der Waals surface area contributed by atoms with Gasteiger partial charge >= 0.3 is 17.9 Å². The summed E-state index contributed by atoms with van der Waals surface area (Å²) >= 11 is 0. The van der Waals surface area contributed by atoms with Crippen LogP contribution in [0.3, 0.4) is 0 Å². The molecular weight excluding hydrogens is 901 g/mol. The van der Waals surface area contributed by atoms with Crippen molar-refractivity contribution in [1.29, 1.82) is 0 Å². The lowest BCUT2D eigenvalue weighted by Gasteiger charge is -2.18. The highest BCUT2D eigenvalue weighted by Crippen LogP contribution is 2.17. The minimum absolute atomic E-state index is 0.0744. The highest BCUT2D eigenvalue weighted by Gasteiger charge is 2.19. The lowest BCUT2D eigenvalue weighted by molar-refractivity contribution is -0.167. The van der Waals surface area contributed by atoms with Crippen LogP contribution < -0.4 is 0 Å². The minimum atomic E-state index is -0.777. The van der Waals surface area contributed by atoms with Crippen molar-refractivity contribution in [1.82, 2.24) is 0 Å². The Morgan fingerprint density at radius 2 is 0.507 bits per heavy atom. The Kier molecular flexibility index (Phi) is 59.7. The fourth-order valence-corrected chi connectivity index (χ4v) is 9.43. The van der Waals surface area contributed by atoms with Crippen molar-refractivity contribution in [3.05, 3.63) is 48.6 Å². The van der Waals surface area contributed by atoms with E-state index in [0.717, 1.165) is 89.9 Å². The first-order chi connectivity index (χ1) is 36.0. The van der Waals surface area contributed by atoms with E-state index in [9.17, 15) is 14.4 Å². The van der Waals surface area contributed by atoms with Crippen molar-refractivity contribution in [2.24, 2.45) is 0 Å². The number of carbonyl (C=O) groups is 3. The van der Waals surface area contributed by atoms with Crippen molar-refractivity contribution in [3.63, 3.8) is 0 Å². The van der Waals surface area contributed by atoms with E-state index < -0.39 is 6.10 Å². The van der Waals surface area contributed by atoms with E-state index in [4.69, 9.17) is 14.2 Å². The molecule has 0 spiro atoms. The van der Waals surface area contributed by atoms with Crippen LogP contribution in [0, 0.1) is 0 Å². The number of unbranched alkanes of at least 4 members (excludes halogenated alkanes) is 40. The SMILES string of the molecule is CCCC/C=C\C/C=C\CCCCCCCC(=O)OC(COC(=O)CCCCCCCCCCCCCC)COC(=O)CCCCCCCCCCCCCCCCCCC/C=C\C/C=C\CCCCCCC. The third-order valence-electron chi connectivity index (χ3n) is 14.3. The van der Waals surface area contributed by atoms with Crippen LogP contribution in [-0.2, 0) is 28.6 Å². The van der Waals surface area contributed by atoms with Gasteiger partial charge in [-0.2, -0.15) is 0 Å². The molecule has 1 atom stereocenters. The van der Waals surface area contributed by atoms with Gasteiger partial charge in [0.2, 0.25) is 0 Å². The molecule has 0 aliphatic rings. The van der Waals surface area contributed by atoms with Gasteiger partial charge in [0.1, 0.15) is 13.2 Å². The molecule has 0 bridgehead atoms. The maximum Gasteiger partial charge on any atom is 0.306 e. The van der Waals surface area contributed by atoms with Gasteiger partial charge in [-0.25, -0.2) is 0 Å². The van der Waals surface area contributed by atoms with Crippen LogP contribution in [0.5, 0.6) is 0 Å². The summed E-state index contributed by atoms with van der Waals surface area (Å²) in [5, 5.41) is 0. The van der Waals surface area contributed by atoms with Crippen LogP contribution in [0.2, 0.25) is 0 Å². The molecule has 0 saturated carbocycles. The zero-order valence-corrected chi connectivity index (χ0v) is 48.9. The fraction of sp³-hybridized carbons (Fsp3) is 0.836. The first kappa shape index (κ1) is 70.4. The summed E-state index contributed by atoms with van der Waals surface area (Å²) in [6.45, 7) is 6.62. The topological polar surface area (TPSA) is 78.9 Å². The zero-order valence-electron chi connectivity index (χ0n) is 48.9. The van der Waals surface area contributed by atoms with Gasteiger partial charge in [-0.05, 0) is 77.0 Å². The van der Waals surface area contributed by atoms with Crippen LogP contribution in [0.15, 0.2) is 48.6 Å². The zero-order chi connectivity index (χ0) is 52.9. The van der Waals surface area contributed by atoms with Crippen molar-refractivity contribution in [3.8, 4) is 0 Å². The van der Waals surface area contributed by atoms with E-state index in [1.807, 2.05) is 0 Å². The summed E-state index contributed by atoms with van der Waals surface area (Å²) in [5.41, 5.74) is 0. The van der Waals surface area contributed by atoms with E-state index in [2.05, 4.69) is 69.4 Å². The summed E-state index contributed by atoms with van der Waals surface area (Å²) in [6, 6.07) is 0. The number of rotatable bonds is 59. The number of allylic oxidation sites excluding steroid dienone is 8. The highest BCUT2D eigenvalue weighted by atomic mass is 16.6. The predicted molar refractivity (Wildman–Crippen MR) is 316 cm³/mol. The van der Waals surface area contributed by atoms with E-state index in [-0.39, 0.29) is 31.1 Å². The molecule has 73 heavy (non-hydrogen) atoms. The van der Waals surface area contributed by atoms with E-state index in [0.29, 0.717) is 19.3 Å². The Balaban J connectivity index is 4.15. The van der Waals surface area contributed by atoms with Gasteiger partial charge < -0.3 is 14.2 Å². The lowest BCUT2D eigenvalue weighted by Crippen LogP contribution is -2.30. The monoisotopic (exact) mass is 1020 g/mol. The second-order valence-electron chi connectivity index (χ2n) is 21.7. The van der Waals surface area contributed by atoms with Crippen LogP contribution in [0.1, 0.15) is 342 Å². The maximum atomic E-state index is 12.8. The first-order valence-corrected chi connectivity index (χ1v) is 32.1. The second kappa shape index (κ2) is 61.9. The summed E-state index contributed by atoms with van der Waals surface area (Å²) in [4.78, 5) is 38.2. The molecule has 0 aromatic carbocycles.